The standard InChI is InChI=1S/C43H53N3O14/c1-54-35(47)15-12-27-23-44-33(30(27)18-38(50)57-4)21-43(32(20-40(52)59-6)28(24-45-43)13-16-36(48)55-2)22-34-29(14-17-37(49)56-3)31(19-39(51)58-5)41(46-34)42(53)60-25-26-10-8-7-9-11-26/h7-11,23,44-46H,12-22,24-25H2,1-6H3. The molecular formula is C43H53N3O14. The van der Waals surface area contributed by atoms with Gasteiger partial charge in [0.15, 0.2) is 0 Å². The summed E-state index contributed by atoms with van der Waals surface area (Å²) >= 11 is 0. The monoisotopic (exact) mass is 835 g/mol. The molecule has 0 radical (unpaired) electrons. The predicted molar refractivity (Wildman–Crippen MR) is 212 cm³/mol. The van der Waals surface area contributed by atoms with Crippen molar-refractivity contribution < 1.29 is 66.7 Å². The Hall–Kier alpha value is -6.23. The maximum absolute atomic E-state index is 14.0. The highest BCUT2D eigenvalue weighted by atomic mass is 16.5. The van der Waals surface area contributed by atoms with Crippen molar-refractivity contribution in [2.45, 2.75) is 82.8 Å². The quantitative estimate of drug-likeness (QED) is 0.0750. The lowest BCUT2D eigenvalue weighted by Crippen LogP contribution is -2.48. The van der Waals surface area contributed by atoms with Gasteiger partial charge in [-0.15, -0.1) is 0 Å². The number of methoxy groups -OCH3 is 6. The van der Waals surface area contributed by atoms with Crippen LogP contribution in [0.5, 0.6) is 0 Å². The molecule has 1 aromatic carbocycles. The normalized spacial score (nSPS) is 14.6. The van der Waals surface area contributed by atoms with E-state index in [1.807, 2.05) is 6.07 Å². The van der Waals surface area contributed by atoms with Crippen molar-refractivity contribution in [3.05, 3.63) is 92.6 Å². The maximum atomic E-state index is 14.0. The van der Waals surface area contributed by atoms with E-state index in [-0.39, 0.29) is 95.0 Å². The first-order chi connectivity index (χ1) is 28.8. The lowest BCUT2D eigenvalue weighted by molar-refractivity contribution is -0.141. The van der Waals surface area contributed by atoms with Crippen molar-refractivity contribution in [2.75, 3.05) is 49.2 Å². The number of ether oxygens (including phenoxy) is 7. The molecule has 17 heteroatoms. The largest absolute Gasteiger partial charge is 0.469 e. The summed E-state index contributed by atoms with van der Waals surface area (Å²) < 4.78 is 35.7. The highest BCUT2D eigenvalue weighted by Crippen LogP contribution is 2.40. The van der Waals surface area contributed by atoms with Gasteiger partial charge in [-0.2, -0.15) is 0 Å². The minimum Gasteiger partial charge on any atom is -0.469 e. The van der Waals surface area contributed by atoms with Crippen LogP contribution in [0.4, 0.5) is 0 Å². The molecule has 17 nitrogen and oxygen atoms in total. The minimum absolute atomic E-state index is 0.00952. The van der Waals surface area contributed by atoms with E-state index in [1.165, 1.54) is 42.7 Å². The van der Waals surface area contributed by atoms with Crippen LogP contribution in [0.1, 0.15) is 81.8 Å². The van der Waals surface area contributed by atoms with E-state index in [1.54, 1.807) is 30.5 Å². The molecule has 4 rings (SSSR count). The number of carbonyl (C=O) groups excluding carboxylic acids is 7. The summed E-state index contributed by atoms with van der Waals surface area (Å²) in [6.45, 7) is 0.156. The van der Waals surface area contributed by atoms with Crippen LogP contribution in [0.25, 0.3) is 0 Å². The van der Waals surface area contributed by atoms with Crippen LogP contribution in [0.15, 0.2) is 47.7 Å². The van der Waals surface area contributed by atoms with Gasteiger partial charge in [0.2, 0.25) is 0 Å². The number of hydrogen-bond donors (Lipinski definition) is 3. The Morgan fingerprint density at radius 2 is 1.13 bits per heavy atom. The van der Waals surface area contributed by atoms with Gasteiger partial charge in [-0.3, -0.25) is 28.8 Å². The van der Waals surface area contributed by atoms with Gasteiger partial charge in [0.05, 0.1) is 67.5 Å². The van der Waals surface area contributed by atoms with Crippen LogP contribution in [0.3, 0.4) is 0 Å². The summed E-state index contributed by atoms with van der Waals surface area (Å²) in [6.07, 6.45) is 1.54. The molecule has 1 aliphatic heterocycles. The van der Waals surface area contributed by atoms with Crippen LogP contribution < -0.4 is 5.32 Å². The van der Waals surface area contributed by atoms with Gasteiger partial charge < -0.3 is 48.4 Å². The molecule has 1 unspecified atom stereocenters. The first kappa shape index (κ1) is 46.5. The summed E-state index contributed by atoms with van der Waals surface area (Å²) in [5.74, 6) is -3.96. The fraction of sp³-hybridized carbons (Fsp3) is 0.465. The van der Waals surface area contributed by atoms with E-state index in [0.29, 0.717) is 33.7 Å². The molecule has 60 heavy (non-hydrogen) atoms. The van der Waals surface area contributed by atoms with Crippen LogP contribution in [-0.2, 0) is 107 Å². The van der Waals surface area contributed by atoms with Crippen molar-refractivity contribution in [2.24, 2.45) is 0 Å². The number of hydrogen-bond acceptors (Lipinski definition) is 15. The summed E-state index contributed by atoms with van der Waals surface area (Å²) in [4.78, 5) is 96.7. The van der Waals surface area contributed by atoms with Crippen molar-refractivity contribution in [1.29, 1.82) is 0 Å². The number of aromatic amines is 2. The molecule has 3 N–H and O–H groups in total. The first-order valence-corrected chi connectivity index (χ1v) is 19.3. The number of benzene rings is 1. The van der Waals surface area contributed by atoms with Crippen LogP contribution in [-0.4, -0.2) is 106 Å². The molecule has 0 saturated carbocycles. The SMILES string of the molecule is COC(=O)CCC1=C(CC(=O)OC)C(Cc2[nH]cc(CCC(=O)OC)c2CC(=O)OC)(Cc2[nH]c(C(=O)OCc3ccccc3)c(CC(=O)OC)c2CCC(=O)OC)NC1. The average Bonchev–Trinajstić information content (AvgIpc) is 3.91. The molecule has 0 amide bonds. The molecule has 0 fully saturated rings. The minimum atomic E-state index is -1.20. The molecule has 0 bridgehead atoms. The van der Waals surface area contributed by atoms with Gasteiger partial charge >= 0.3 is 41.8 Å². The maximum Gasteiger partial charge on any atom is 0.355 e. The van der Waals surface area contributed by atoms with Crippen molar-refractivity contribution in [1.82, 2.24) is 15.3 Å². The Bertz CT molecular complexity index is 2060. The number of aromatic nitrogens is 2. The topological polar surface area (TPSA) is 228 Å². The molecule has 0 saturated heterocycles. The van der Waals surface area contributed by atoms with E-state index < -0.39 is 47.3 Å². The molecule has 3 heterocycles. The third kappa shape index (κ3) is 12.2. The van der Waals surface area contributed by atoms with E-state index >= 15 is 0 Å². The van der Waals surface area contributed by atoms with Crippen molar-refractivity contribution in [3.63, 3.8) is 0 Å². The van der Waals surface area contributed by atoms with Crippen LogP contribution in [0.2, 0.25) is 0 Å². The fourth-order valence-corrected chi connectivity index (χ4v) is 7.43. The van der Waals surface area contributed by atoms with Crippen LogP contribution in [0, 0.1) is 0 Å². The number of carbonyl (C=O) groups is 7. The highest BCUT2D eigenvalue weighted by Gasteiger charge is 2.44. The van der Waals surface area contributed by atoms with E-state index in [2.05, 4.69) is 15.3 Å². The Labute approximate surface area is 347 Å². The Morgan fingerprint density at radius 1 is 0.600 bits per heavy atom. The smallest absolute Gasteiger partial charge is 0.355 e. The Balaban J connectivity index is 1.97. The molecule has 0 spiro atoms. The number of nitrogens with one attached hydrogen (secondary N) is 3. The van der Waals surface area contributed by atoms with Gasteiger partial charge in [0.25, 0.3) is 0 Å². The first-order valence-electron chi connectivity index (χ1n) is 19.3. The molecule has 324 valence electrons. The van der Waals surface area contributed by atoms with E-state index in [0.717, 1.165) is 11.1 Å². The third-order valence-electron chi connectivity index (χ3n) is 10.6. The zero-order valence-electron chi connectivity index (χ0n) is 34.9. The van der Waals surface area contributed by atoms with E-state index in [4.69, 9.17) is 33.2 Å². The molecule has 2 aromatic heterocycles. The van der Waals surface area contributed by atoms with Gasteiger partial charge in [-0.05, 0) is 52.7 Å². The van der Waals surface area contributed by atoms with Gasteiger partial charge in [0, 0.05) is 56.2 Å². The summed E-state index contributed by atoms with van der Waals surface area (Å²) in [6, 6.07) is 9.03. The van der Waals surface area contributed by atoms with Gasteiger partial charge in [-0.1, -0.05) is 35.9 Å². The highest BCUT2D eigenvalue weighted by molar-refractivity contribution is 5.92. The average molecular weight is 836 g/mol. The second-order valence-electron chi connectivity index (χ2n) is 14.1. The predicted octanol–water partition coefficient (Wildman–Crippen LogP) is 3.28. The lowest BCUT2D eigenvalue weighted by Gasteiger charge is -2.34. The number of H-pyrrole nitrogens is 2. The molecule has 1 atom stereocenters. The third-order valence-corrected chi connectivity index (χ3v) is 10.6. The molecule has 3 aromatic rings. The Kier molecular flexibility index (Phi) is 17.2. The summed E-state index contributed by atoms with van der Waals surface area (Å²) in [5.41, 5.74) is 3.78. The lowest BCUT2D eigenvalue weighted by atomic mass is 9.77. The van der Waals surface area contributed by atoms with Gasteiger partial charge in [0.1, 0.15) is 12.3 Å². The van der Waals surface area contributed by atoms with Crippen molar-refractivity contribution >= 4 is 41.8 Å². The second kappa shape index (κ2) is 22.2. The van der Waals surface area contributed by atoms with Crippen molar-refractivity contribution in [3.8, 4) is 0 Å². The fourth-order valence-electron chi connectivity index (χ4n) is 7.43. The summed E-state index contributed by atoms with van der Waals surface area (Å²) in [5, 5.41) is 3.60. The molecule has 1 aliphatic rings. The second-order valence-corrected chi connectivity index (χ2v) is 14.1. The number of esters is 7. The van der Waals surface area contributed by atoms with Gasteiger partial charge in [-0.25, -0.2) is 4.79 Å². The molecular weight excluding hydrogens is 782 g/mol. The number of aryl methyl sites for hydroxylation is 1. The molecule has 0 aliphatic carbocycles. The zero-order chi connectivity index (χ0) is 43.8. The van der Waals surface area contributed by atoms with E-state index in [9.17, 15) is 33.6 Å². The zero-order valence-corrected chi connectivity index (χ0v) is 34.9. The Morgan fingerprint density at radius 3 is 1.73 bits per heavy atom. The summed E-state index contributed by atoms with van der Waals surface area (Å²) in [7, 11) is 7.56. The van der Waals surface area contributed by atoms with Crippen LogP contribution >= 0.6 is 0 Å². The number of rotatable bonds is 22.